The fourth-order valence-corrected chi connectivity index (χ4v) is 4.89. The predicted octanol–water partition coefficient (Wildman–Crippen LogP) is 5.53. The fraction of sp³-hybridized carbons (Fsp3) is 0.941. The van der Waals surface area contributed by atoms with Crippen molar-refractivity contribution in [2.45, 2.75) is 77.0 Å². The second-order valence-corrected chi connectivity index (χ2v) is 8.42. The van der Waals surface area contributed by atoms with Crippen LogP contribution in [0.1, 0.15) is 77.0 Å². The zero-order valence-corrected chi connectivity index (χ0v) is 14.5. The minimum atomic E-state index is 0.964. The minimum absolute atomic E-state index is 0.964. The lowest BCUT2D eigenvalue weighted by Crippen LogP contribution is -2.23. The molecule has 0 aliphatic heterocycles. The lowest BCUT2D eigenvalue weighted by molar-refractivity contribution is 0.340. The number of hydrogen-bond donors (Lipinski definition) is 1. The Labute approximate surface area is 135 Å². The van der Waals surface area contributed by atoms with Gasteiger partial charge in [0.05, 0.1) is 0 Å². The van der Waals surface area contributed by atoms with Gasteiger partial charge >= 0.3 is 0 Å². The molecule has 1 N–H and O–H groups in total. The third kappa shape index (κ3) is 6.80. The maximum Gasteiger partial charge on any atom is 0.133 e. The second-order valence-electron chi connectivity index (χ2n) is 6.65. The van der Waals surface area contributed by atoms with Crippen molar-refractivity contribution in [3.8, 4) is 0 Å². The third-order valence-electron chi connectivity index (χ3n) is 5.03. The van der Waals surface area contributed by atoms with E-state index in [1.54, 1.807) is 0 Å². The number of nitrogens with one attached hydrogen (secondary N) is 1. The van der Waals surface area contributed by atoms with Gasteiger partial charge < -0.3 is 5.32 Å². The van der Waals surface area contributed by atoms with Crippen molar-refractivity contribution in [3.63, 3.8) is 0 Å². The van der Waals surface area contributed by atoms with E-state index in [0.717, 1.165) is 22.7 Å². The lowest BCUT2D eigenvalue weighted by atomic mass is 9.87. The van der Waals surface area contributed by atoms with Crippen molar-refractivity contribution in [1.29, 1.82) is 0 Å². The largest absolute Gasteiger partial charge is 0.371 e. The molecule has 0 amide bonds. The van der Waals surface area contributed by atoms with Gasteiger partial charge in [-0.2, -0.15) is 0 Å². The summed E-state index contributed by atoms with van der Waals surface area (Å²) in [5.74, 6) is 3.17. The average Bonchev–Trinajstić information content (AvgIpc) is 2.49. The average molecular weight is 314 g/mol. The highest BCUT2D eigenvalue weighted by molar-refractivity contribution is 8.22. The zero-order chi connectivity index (χ0) is 14.0. The summed E-state index contributed by atoms with van der Waals surface area (Å²) >= 11 is 7.32. The Kier molecular flexibility index (Phi) is 8.34. The Hall–Kier alpha value is 0.240. The normalized spacial score (nSPS) is 21.8. The van der Waals surface area contributed by atoms with E-state index in [1.165, 1.54) is 82.8 Å². The van der Waals surface area contributed by atoms with Crippen LogP contribution in [0.4, 0.5) is 0 Å². The summed E-state index contributed by atoms with van der Waals surface area (Å²) in [5, 5.41) is 3.46. The van der Waals surface area contributed by atoms with Gasteiger partial charge in [-0.05, 0) is 24.7 Å². The van der Waals surface area contributed by atoms with Crippen LogP contribution in [0.3, 0.4) is 0 Å². The summed E-state index contributed by atoms with van der Waals surface area (Å²) in [7, 11) is 0. The Morgan fingerprint density at radius 3 is 2.00 bits per heavy atom. The van der Waals surface area contributed by atoms with Crippen LogP contribution < -0.4 is 5.32 Å². The first kappa shape index (κ1) is 16.6. The molecule has 0 saturated heterocycles. The molecule has 2 fully saturated rings. The van der Waals surface area contributed by atoms with Gasteiger partial charge in [0.25, 0.3) is 0 Å². The van der Waals surface area contributed by atoms with Crippen molar-refractivity contribution in [2.75, 3.05) is 12.3 Å². The molecular formula is C17H31NS2. The Balaban J connectivity index is 1.45. The molecule has 0 radical (unpaired) electrons. The van der Waals surface area contributed by atoms with Crippen molar-refractivity contribution >= 4 is 28.3 Å². The first-order valence-electron chi connectivity index (χ1n) is 8.75. The van der Waals surface area contributed by atoms with Gasteiger partial charge in [0.2, 0.25) is 0 Å². The molecular weight excluding hydrogens is 282 g/mol. The van der Waals surface area contributed by atoms with Crippen LogP contribution in [0.15, 0.2) is 0 Å². The maximum atomic E-state index is 5.44. The highest BCUT2D eigenvalue weighted by atomic mass is 32.2. The summed E-state index contributed by atoms with van der Waals surface area (Å²) in [5.41, 5.74) is 0. The summed E-state index contributed by atoms with van der Waals surface area (Å²) in [6, 6.07) is 0. The van der Waals surface area contributed by atoms with E-state index in [1.807, 2.05) is 11.8 Å². The van der Waals surface area contributed by atoms with Gasteiger partial charge in [-0.1, -0.05) is 88.2 Å². The van der Waals surface area contributed by atoms with Crippen molar-refractivity contribution < 1.29 is 0 Å². The third-order valence-corrected chi connectivity index (χ3v) is 6.37. The van der Waals surface area contributed by atoms with Crippen LogP contribution >= 0.6 is 24.0 Å². The summed E-state index contributed by atoms with van der Waals surface area (Å²) in [6.07, 6.45) is 17.2. The summed E-state index contributed by atoms with van der Waals surface area (Å²) in [4.78, 5) is 0. The van der Waals surface area contributed by atoms with E-state index in [0.29, 0.717) is 0 Å². The first-order chi connectivity index (χ1) is 9.84. The first-order valence-corrected chi connectivity index (χ1v) is 10.1. The van der Waals surface area contributed by atoms with Gasteiger partial charge in [-0.15, -0.1) is 0 Å². The van der Waals surface area contributed by atoms with E-state index < -0.39 is 0 Å². The molecule has 1 nitrogen and oxygen atoms in total. The molecule has 2 aliphatic carbocycles. The highest BCUT2D eigenvalue weighted by Gasteiger charge is 2.14. The van der Waals surface area contributed by atoms with E-state index in [4.69, 9.17) is 12.2 Å². The molecule has 0 atom stereocenters. The Bertz CT molecular complexity index is 242. The molecule has 2 rings (SSSR count). The van der Waals surface area contributed by atoms with Crippen LogP contribution in [0.2, 0.25) is 0 Å². The van der Waals surface area contributed by atoms with Crippen molar-refractivity contribution in [1.82, 2.24) is 5.32 Å². The predicted molar refractivity (Wildman–Crippen MR) is 95.4 cm³/mol. The lowest BCUT2D eigenvalue weighted by Gasteiger charge is -2.22. The molecule has 0 aromatic heterocycles. The number of rotatable bonds is 6. The summed E-state index contributed by atoms with van der Waals surface area (Å²) in [6.45, 7) is 1.10. The fourth-order valence-electron chi connectivity index (χ4n) is 3.70. The van der Waals surface area contributed by atoms with Gasteiger partial charge in [0.1, 0.15) is 4.32 Å². The molecule has 0 unspecified atom stereocenters. The Morgan fingerprint density at radius 1 is 0.850 bits per heavy atom. The molecule has 3 heteroatoms. The van der Waals surface area contributed by atoms with Crippen LogP contribution in [-0.2, 0) is 0 Å². The monoisotopic (exact) mass is 313 g/mol. The van der Waals surface area contributed by atoms with Gasteiger partial charge in [-0.25, -0.2) is 0 Å². The molecule has 0 spiro atoms. The second kappa shape index (κ2) is 10.0. The number of thioether (sulfide) groups is 1. The van der Waals surface area contributed by atoms with Crippen LogP contribution in [-0.4, -0.2) is 16.6 Å². The SMILES string of the molecule is S=C(NCCC1CCCCC1)SCCC1CCCCC1. The molecule has 2 aliphatic rings. The molecule has 0 aromatic rings. The number of thiocarbonyl (C=S) groups is 1. The standard InChI is InChI=1S/C17H31NS2/c19-17(18-13-11-15-7-3-1-4-8-15)20-14-12-16-9-5-2-6-10-16/h15-16H,1-14H2,(H,18,19). The molecule has 0 heterocycles. The molecule has 2 saturated carbocycles. The van der Waals surface area contributed by atoms with Crippen molar-refractivity contribution in [3.05, 3.63) is 0 Å². The molecule has 0 aromatic carbocycles. The topological polar surface area (TPSA) is 12.0 Å². The van der Waals surface area contributed by atoms with Crippen LogP contribution in [0.5, 0.6) is 0 Å². The van der Waals surface area contributed by atoms with E-state index in [9.17, 15) is 0 Å². The smallest absolute Gasteiger partial charge is 0.133 e. The van der Waals surface area contributed by atoms with Crippen LogP contribution in [0, 0.1) is 11.8 Å². The summed E-state index contributed by atoms with van der Waals surface area (Å²) < 4.78 is 1.04. The van der Waals surface area contributed by atoms with Gasteiger partial charge in [-0.3, -0.25) is 0 Å². The molecule has 20 heavy (non-hydrogen) atoms. The van der Waals surface area contributed by atoms with Crippen molar-refractivity contribution in [2.24, 2.45) is 11.8 Å². The zero-order valence-electron chi connectivity index (χ0n) is 12.9. The maximum absolute atomic E-state index is 5.44. The minimum Gasteiger partial charge on any atom is -0.371 e. The highest BCUT2D eigenvalue weighted by Crippen LogP contribution is 2.28. The molecule has 0 bridgehead atoms. The quantitative estimate of drug-likeness (QED) is 0.647. The van der Waals surface area contributed by atoms with Crippen LogP contribution in [0.25, 0.3) is 0 Å². The van der Waals surface area contributed by atoms with E-state index >= 15 is 0 Å². The van der Waals surface area contributed by atoms with E-state index in [-0.39, 0.29) is 0 Å². The van der Waals surface area contributed by atoms with Gasteiger partial charge in [0, 0.05) is 12.3 Å². The van der Waals surface area contributed by atoms with Gasteiger partial charge in [0.15, 0.2) is 0 Å². The number of hydrogen-bond acceptors (Lipinski definition) is 2. The molecule has 116 valence electrons. The Morgan fingerprint density at radius 2 is 1.40 bits per heavy atom. The van der Waals surface area contributed by atoms with E-state index in [2.05, 4.69) is 5.32 Å².